The number of thiophene rings is 1. The van der Waals surface area contributed by atoms with Crippen molar-refractivity contribution in [2.45, 2.75) is 28.8 Å². The number of rotatable bonds is 3. The van der Waals surface area contributed by atoms with E-state index in [1.807, 2.05) is 17.8 Å². The third-order valence-electron chi connectivity index (χ3n) is 3.40. The molecular formula is C15H16FNOS2. The number of nitrogens with one attached hydrogen (secondary N) is 1. The molecule has 1 aromatic heterocycles. The zero-order valence-corrected chi connectivity index (χ0v) is 13.0. The minimum absolute atomic E-state index is 0.250. The Morgan fingerprint density at radius 2 is 2.20 bits per heavy atom. The third-order valence-corrected chi connectivity index (χ3v) is 5.75. The normalized spacial score (nSPS) is 21.4. The predicted octanol–water partition coefficient (Wildman–Crippen LogP) is 4.93. The number of hydrogen-bond donors (Lipinski definition) is 1. The Hall–Kier alpha value is -1.20. The van der Waals surface area contributed by atoms with Gasteiger partial charge >= 0.3 is 0 Å². The highest BCUT2D eigenvalue weighted by Crippen LogP contribution is 2.45. The van der Waals surface area contributed by atoms with Crippen LogP contribution in [0.2, 0.25) is 0 Å². The summed E-state index contributed by atoms with van der Waals surface area (Å²) in [7, 11) is 1.48. The fraction of sp³-hybridized carbons (Fsp3) is 0.333. The Labute approximate surface area is 126 Å². The van der Waals surface area contributed by atoms with Gasteiger partial charge in [0.15, 0.2) is 11.6 Å². The Bertz CT molecular complexity index is 614. The molecule has 0 saturated heterocycles. The van der Waals surface area contributed by atoms with E-state index in [0.29, 0.717) is 5.25 Å². The van der Waals surface area contributed by atoms with Gasteiger partial charge in [-0.05, 0) is 35.6 Å². The zero-order valence-electron chi connectivity index (χ0n) is 11.4. The van der Waals surface area contributed by atoms with E-state index in [1.165, 1.54) is 22.9 Å². The van der Waals surface area contributed by atoms with E-state index in [4.69, 9.17) is 4.74 Å². The van der Waals surface area contributed by atoms with Gasteiger partial charge in [-0.25, -0.2) is 4.39 Å². The van der Waals surface area contributed by atoms with Crippen LogP contribution in [0.4, 0.5) is 10.1 Å². The molecule has 0 saturated carbocycles. The molecule has 2 atom stereocenters. The fourth-order valence-electron chi connectivity index (χ4n) is 2.44. The number of methoxy groups -OCH3 is 1. The van der Waals surface area contributed by atoms with E-state index in [9.17, 15) is 4.39 Å². The molecule has 0 aliphatic carbocycles. The first-order valence-corrected chi connectivity index (χ1v) is 8.27. The molecule has 1 unspecified atom stereocenters. The van der Waals surface area contributed by atoms with E-state index in [-0.39, 0.29) is 17.6 Å². The van der Waals surface area contributed by atoms with Gasteiger partial charge in [0.25, 0.3) is 0 Å². The Morgan fingerprint density at radius 1 is 1.35 bits per heavy atom. The Kier molecular flexibility index (Phi) is 3.89. The van der Waals surface area contributed by atoms with Gasteiger partial charge in [-0.1, -0.05) is 6.92 Å². The second kappa shape index (κ2) is 5.66. The van der Waals surface area contributed by atoms with Crippen LogP contribution in [0.15, 0.2) is 33.9 Å². The minimum atomic E-state index is -0.332. The lowest BCUT2D eigenvalue weighted by Crippen LogP contribution is -2.19. The molecule has 106 valence electrons. The predicted molar refractivity (Wildman–Crippen MR) is 83.6 cm³/mol. The smallest absolute Gasteiger partial charge is 0.167 e. The van der Waals surface area contributed by atoms with Crippen LogP contribution in [-0.2, 0) is 0 Å². The van der Waals surface area contributed by atoms with Crippen molar-refractivity contribution in [3.05, 3.63) is 41.0 Å². The van der Waals surface area contributed by atoms with E-state index in [0.717, 1.165) is 12.1 Å². The summed E-state index contributed by atoms with van der Waals surface area (Å²) in [6.45, 7) is 2.23. The van der Waals surface area contributed by atoms with Crippen LogP contribution in [-0.4, -0.2) is 12.4 Å². The molecule has 0 fully saturated rings. The van der Waals surface area contributed by atoms with E-state index in [1.54, 1.807) is 17.4 Å². The van der Waals surface area contributed by atoms with Crippen molar-refractivity contribution in [3.63, 3.8) is 0 Å². The first-order chi connectivity index (χ1) is 9.67. The van der Waals surface area contributed by atoms with Crippen molar-refractivity contribution in [2.75, 3.05) is 12.4 Å². The van der Waals surface area contributed by atoms with Crippen LogP contribution in [0.3, 0.4) is 0 Å². The monoisotopic (exact) mass is 309 g/mol. The number of hydrogen-bond acceptors (Lipinski definition) is 4. The molecule has 0 amide bonds. The standard InChI is InChI=1S/C15H16FNOS2/c1-9-7-13(11-5-6-19-15(11)20-9)17-10-3-4-14(18-2)12(16)8-10/h3-6,8-9,13,17H,7H2,1-2H3/t9-,13?/m0/s1. The van der Waals surface area contributed by atoms with Crippen LogP contribution in [0.1, 0.15) is 24.9 Å². The van der Waals surface area contributed by atoms with Gasteiger partial charge in [0.2, 0.25) is 0 Å². The topological polar surface area (TPSA) is 21.3 Å². The number of thioether (sulfide) groups is 1. The summed E-state index contributed by atoms with van der Waals surface area (Å²) in [5.74, 6) is -0.0550. The highest BCUT2D eigenvalue weighted by atomic mass is 32.2. The molecule has 0 spiro atoms. The van der Waals surface area contributed by atoms with Gasteiger partial charge in [0, 0.05) is 17.0 Å². The van der Waals surface area contributed by atoms with Crippen molar-refractivity contribution >= 4 is 28.8 Å². The first-order valence-electron chi connectivity index (χ1n) is 6.51. The van der Waals surface area contributed by atoms with Crippen LogP contribution >= 0.6 is 23.1 Å². The molecule has 0 radical (unpaired) electrons. The average molecular weight is 309 g/mol. The van der Waals surface area contributed by atoms with Crippen LogP contribution in [0, 0.1) is 5.82 Å². The van der Waals surface area contributed by atoms with Gasteiger partial charge < -0.3 is 10.1 Å². The number of ether oxygens (including phenoxy) is 1. The third kappa shape index (κ3) is 2.65. The second-order valence-corrected chi connectivity index (χ2v) is 7.50. The quantitative estimate of drug-likeness (QED) is 0.868. The lowest BCUT2D eigenvalue weighted by Gasteiger charge is -2.28. The van der Waals surface area contributed by atoms with Gasteiger partial charge in [0.05, 0.1) is 17.4 Å². The number of anilines is 1. The Morgan fingerprint density at radius 3 is 2.95 bits per heavy atom. The molecule has 3 rings (SSSR count). The van der Waals surface area contributed by atoms with Gasteiger partial charge in [0.1, 0.15) is 0 Å². The number of benzene rings is 1. The molecule has 2 aromatic rings. The molecule has 20 heavy (non-hydrogen) atoms. The van der Waals surface area contributed by atoms with E-state index >= 15 is 0 Å². The lowest BCUT2D eigenvalue weighted by atomic mass is 10.0. The van der Waals surface area contributed by atoms with Crippen molar-refractivity contribution < 1.29 is 9.13 Å². The summed E-state index contributed by atoms with van der Waals surface area (Å²) in [5, 5.41) is 6.14. The molecule has 2 heterocycles. The molecule has 1 aliphatic heterocycles. The number of halogens is 1. The maximum Gasteiger partial charge on any atom is 0.167 e. The fourth-order valence-corrected chi connectivity index (χ4v) is 5.01. The Balaban J connectivity index is 1.83. The summed E-state index contributed by atoms with van der Waals surface area (Å²) in [5.41, 5.74) is 2.12. The summed E-state index contributed by atoms with van der Waals surface area (Å²) < 4.78 is 20.1. The minimum Gasteiger partial charge on any atom is -0.494 e. The van der Waals surface area contributed by atoms with Gasteiger partial charge in [-0.15, -0.1) is 23.1 Å². The zero-order chi connectivity index (χ0) is 14.1. The maximum atomic E-state index is 13.8. The van der Waals surface area contributed by atoms with Crippen LogP contribution in [0.5, 0.6) is 5.75 Å². The average Bonchev–Trinajstić information content (AvgIpc) is 2.87. The van der Waals surface area contributed by atoms with Gasteiger partial charge in [-0.3, -0.25) is 0 Å². The lowest BCUT2D eigenvalue weighted by molar-refractivity contribution is 0.386. The first kappa shape index (κ1) is 13.8. The SMILES string of the molecule is COc1ccc(NC2C[C@H](C)Sc3sccc32)cc1F. The van der Waals surface area contributed by atoms with Crippen molar-refractivity contribution in [2.24, 2.45) is 0 Å². The summed E-state index contributed by atoms with van der Waals surface area (Å²) in [6, 6.07) is 7.43. The number of fused-ring (bicyclic) bond motifs is 1. The van der Waals surface area contributed by atoms with Crippen LogP contribution < -0.4 is 10.1 Å². The summed E-state index contributed by atoms with van der Waals surface area (Å²) in [4.78, 5) is 0. The van der Waals surface area contributed by atoms with Crippen LogP contribution in [0.25, 0.3) is 0 Å². The van der Waals surface area contributed by atoms with E-state index < -0.39 is 0 Å². The second-order valence-electron chi connectivity index (χ2n) is 4.87. The molecule has 1 aromatic carbocycles. The molecule has 1 N–H and O–H groups in total. The highest BCUT2D eigenvalue weighted by molar-refractivity contribution is 8.01. The van der Waals surface area contributed by atoms with E-state index in [2.05, 4.69) is 23.7 Å². The maximum absolute atomic E-state index is 13.8. The summed E-state index contributed by atoms with van der Waals surface area (Å²) in [6.07, 6.45) is 1.04. The van der Waals surface area contributed by atoms with Crippen molar-refractivity contribution in [1.29, 1.82) is 0 Å². The molecule has 0 bridgehead atoms. The highest BCUT2D eigenvalue weighted by Gasteiger charge is 2.26. The molecule has 2 nitrogen and oxygen atoms in total. The summed E-state index contributed by atoms with van der Waals surface area (Å²) >= 11 is 3.71. The molecule has 1 aliphatic rings. The molecule has 5 heteroatoms. The molecular weight excluding hydrogens is 293 g/mol. The largest absolute Gasteiger partial charge is 0.494 e. The van der Waals surface area contributed by atoms with Gasteiger partial charge in [-0.2, -0.15) is 0 Å². The van der Waals surface area contributed by atoms with Crippen molar-refractivity contribution in [1.82, 2.24) is 0 Å². The van der Waals surface area contributed by atoms with Crippen molar-refractivity contribution in [3.8, 4) is 5.75 Å².